The molecule has 5 heteroatoms. The lowest BCUT2D eigenvalue weighted by molar-refractivity contribution is -0.115. The van der Waals surface area contributed by atoms with E-state index in [2.05, 4.69) is 22.5 Å². The van der Waals surface area contributed by atoms with Crippen LogP contribution in [0.3, 0.4) is 0 Å². The lowest BCUT2D eigenvalue weighted by Gasteiger charge is -2.34. The molecule has 2 fully saturated rings. The SMILES string of the molecule is CC1CCN(c2ccc(NC(=O)Cc3ccccc3)cc2C(=O)NC2CCCCC2)CC1. The third-order valence-electron chi connectivity index (χ3n) is 6.80. The minimum atomic E-state index is -0.0746. The standard InChI is InChI=1S/C27H35N3O2/c1-20-14-16-30(17-15-20)25-13-12-23(28-26(31)18-21-8-4-2-5-9-21)19-24(25)27(32)29-22-10-6-3-7-11-22/h2,4-5,8-9,12-13,19-20,22H,3,6-7,10-11,14-18H2,1H3,(H,28,31)(H,29,32). The van der Waals surface area contributed by atoms with Gasteiger partial charge in [0.25, 0.3) is 5.91 Å². The first-order valence-corrected chi connectivity index (χ1v) is 12.1. The van der Waals surface area contributed by atoms with E-state index < -0.39 is 0 Å². The van der Waals surface area contributed by atoms with Crippen molar-refractivity contribution in [1.29, 1.82) is 0 Å². The van der Waals surface area contributed by atoms with Gasteiger partial charge in [-0.2, -0.15) is 0 Å². The topological polar surface area (TPSA) is 61.4 Å². The molecule has 2 aromatic rings. The van der Waals surface area contributed by atoms with E-state index in [-0.39, 0.29) is 17.9 Å². The largest absolute Gasteiger partial charge is 0.371 e. The maximum Gasteiger partial charge on any atom is 0.253 e. The Bertz CT molecular complexity index is 914. The van der Waals surface area contributed by atoms with Gasteiger partial charge in [0.2, 0.25) is 5.91 Å². The maximum absolute atomic E-state index is 13.3. The van der Waals surface area contributed by atoms with Gasteiger partial charge in [0, 0.05) is 30.5 Å². The number of nitrogens with one attached hydrogen (secondary N) is 2. The minimum Gasteiger partial charge on any atom is -0.371 e. The summed E-state index contributed by atoms with van der Waals surface area (Å²) in [6.45, 7) is 4.22. The summed E-state index contributed by atoms with van der Waals surface area (Å²) in [6, 6.07) is 15.7. The number of hydrogen-bond donors (Lipinski definition) is 2. The van der Waals surface area contributed by atoms with E-state index >= 15 is 0 Å². The molecule has 0 atom stereocenters. The van der Waals surface area contributed by atoms with Crippen LogP contribution in [0.15, 0.2) is 48.5 Å². The Morgan fingerprint density at radius 2 is 1.66 bits per heavy atom. The minimum absolute atomic E-state index is 0.0234. The number of benzene rings is 2. The third kappa shape index (κ3) is 5.90. The summed E-state index contributed by atoms with van der Waals surface area (Å²) in [5, 5.41) is 6.25. The van der Waals surface area contributed by atoms with Gasteiger partial charge >= 0.3 is 0 Å². The highest BCUT2D eigenvalue weighted by Crippen LogP contribution is 2.29. The lowest BCUT2D eigenvalue weighted by Crippen LogP contribution is -2.38. The van der Waals surface area contributed by atoms with Crippen LogP contribution in [-0.2, 0) is 11.2 Å². The molecule has 2 aromatic carbocycles. The molecule has 0 bridgehead atoms. The smallest absolute Gasteiger partial charge is 0.253 e. The molecule has 1 aliphatic carbocycles. The number of carbonyl (C=O) groups is 2. The van der Waals surface area contributed by atoms with Gasteiger partial charge in [-0.15, -0.1) is 0 Å². The van der Waals surface area contributed by atoms with Crippen molar-refractivity contribution in [1.82, 2.24) is 5.32 Å². The fourth-order valence-corrected chi connectivity index (χ4v) is 4.82. The molecular weight excluding hydrogens is 398 g/mol. The summed E-state index contributed by atoms with van der Waals surface area (Å²) in [6.07, 6.45) is 8.31. The second-order valence-corrected chi connectivity index (χ2v) is 9.42. The first-order valence-electron chi connectivity index (χ1n) is 12.1. The molecule has 2 amide bonds. The Labute approximate surface area is 191 Å². The number of hydrogen-bond acceptors (Lipinski definition) is 3. The van der Waals surface area contributed by atoms with Crippen molar-refractivity contribution < 1.29 is 9.59 Å². The lowest BCUT2D eigenvalue weighted by atomic mass is 9.95. The molecule has 0 spiro atoms. The van der Waals surface area contributed by atoms with Gasteiger partial charge in [0.15, 0.2) is 0 Å². The number of amides is 2. The highest BCUT2D eigenvalue weighted by molar-refractivity contribution is 6.02. The highest BCUT2D eigenvalue weighted by atomic mass is 16.2. The van der Waals surface area contributed by atoms with Crippen LogP contribution in [0.1, 0.15) is 67.8 Å². The first kappa shape index (κ1) is 22.4. The second-order valence-electron chi connectivity index (χ2n) is 9.42. The molecule has 4 rings (SSSR count). The average molecular weight is 434 g/mol. The summed E-state index contributed by atoms with van der Waals surface area (Å²) in [5.74, 6) is 0.626. The molecular formula is C27H35N3O2. The van der Waals surface area contributed by atoms with Crippen LogP contribution in [0.4, 0.5) is 11.4 Å². The van der Waals surface area contributed by atoms with Crippen LogP contribution in [0.5, 0.6) is 0 Å². The van der Waals surface area contributed by atoms with Gasteiger partial charge in [-0.3, -0.25) is 9.59 Å². The fraction of sp³-hybridized carbons (Fsp3) is 0.481. The first-order chi connectivity index (χ1) is 15.6. The number of carbonyl (C=O) groups excluding carboxylic acids is 2. The van der Waals surface area contributed by atoms with E-state index in [1.54, 1.807) is 0 Å². The summed E-state index contributed by atoms with van der Waals surface area (Å²) in [7, 11) is 0. The van der Waals surface area contributed by atoms with Gasteiger partial charge in [0.05, 0.1) is 12.0 Å². The Hall–Kier alpha value is -2.82. The van der Waals surface area contributed by atoms with Crippen molar-refractivity contribution >= 4 is 23.2 Å². The number of piperidine rings is 1. The molecule has 0 aromatic heterocycles. The van der Waals surface area contributed by atoms with E-state index in [4.69, 9.17) is 0 Å². The van der Waals surface area contributed by atoms with Gasteiger partial charge in [-0.1, -0.05) is 56.5 Å². The average Bonchev–Trinajstić information content (AvgIpc) is 2.81. The molecule has 170 valence electrons. The van der Waals surface area contributed by atoms with E-state index in [1.807, 2.05) is 48.5 Å². The Morgan fingerprint density at radius 3 is 2.38 bits per heavy atom. The van der Waals surface area contributed by atoms with Crippen molar-refractivity contribution in [3.8, 4) is 0 Å². The molecule has 2 N–H and O–H groups in total. The quantitative estimate of drug-likeness (QED) is 0.661. The number of nitrogens with zero attached hydrogens (tertiary/aromatic N) is 1. The van der Waals surface area contributed by atoms with Crippen LogP contribution in [-0.4, -0.2) is 30.9 Å². The van der Waals surface area contributed by atoms with Gasteiger partial charge in [0.1, 0.15) is 0 Å². The molecule has 0 unspecified atom stereocenters. The zero-order valence-corrected chi connectivity index (χ0v) is 19.1. The van der Waals surface area contributed by atoms with Crippen LogP contribution < -0.4 is 15.5 Å². The van der Waals surface area contributed by atoms with Crippen molar-refractivity contribution in [3.63, 3.8) is 0 Å². The van der Waals surface area contributed by atoms with E-state index in [0.717, 1.165) is 55.9 Å². The third-order valence-corrected chi connectivity index (χ3v) is 6.80. The van der Waals surface area contributed by atoms with Crippen molar-refractivity contribution in [2.75, 3.05) is 23.3 Å². The molecule has 1 saturated heterocycles. The molecule has 5 nitrogen and oxygen atoms in total. The van der Waals surface area contributed by atoms with Gasteiger partial charge in [-0.05, 0) is 55.4 Å². The Morgan fingerprint density at radius 1 is 0.938 bits per heavy atom. The summed E-state index contributed by atoms with van der Waals surface area (Å²) in [5.41, 5.74) is 3.29. The van der Waals surface area contributed by atoms with Crippen LogP contribution in [0.25, 0.3) is 0 Å². The number of anilines is 2. The molecule has 2 aliphatic rings. The molecule has 1 aliphatic heterocycles. The van der Waals surface area contributed by atoms with Crippen LogP contribution in [0, 0.1) is 5.92 Å². The predicted molar refractivity (Wildman–Crippen MR) is 130 cm³/mol. The van der Waals surface area contributed by atoms with Crippen molar-refractivity contribution in [3.05, 3.63) is 59.7 Å². The number of rotatable bonds is 6. The van der Waals surface area contributed by atoms with Crippen LogP contribution in [0.2, 0.25) is 0 Å². The summed E-state index contributed by atoms with van der Waals surface area (Å²) >= 11 is 0. The normalized spacial score (nSPS) is 17.7. The van der Waals surface area contributed by atoms with Crippen LogP contribution >= 0.6 is 0 Å². The Kier molecular flexibility index (Phi) is 7.46. The zero-order chi connectivity index (χ0) is 22.3. The van der Waals surface area contributed by atoms with E-state index in [0.29, 0.717) is 17.7 Å². The predicted octanol–water partition coefficient (Wildman–Crippen LogP) is 5.17. The maximum atomic E-state index is 13.3. The molecule has 0 radical (unpaired) electrons. The summed E-state index contributed by atoms with van der Waals surface area (Å²) < 4.78 is 0. The molecule has 1 saturated carbocycles. The van der Waals surface area contributed by atoms with Gasteiger partial charge < -0.3 is 15.5 Å². The zero-order valence-electron chi connectivity index (χ0n) is 19.1. The summed E-state index contributed by atoms with van der Waals surface area (Å²) in [4.78, 5) is 28.2. The fourth-order valence-electron chi connectivity index (χ4n) is 4.82. The molecule has 1 heterocycles. The van der Waals surface area contributed by atoms with Crippen molar-refractivity contribution in [2.24, 2.45) is 5.92 Å². The van der Waals surface area contributed by atoms with Gasteiger partial charge in [-0.25, -0.2) is 0 Å². The monoisotopic (exact) mass is 433 g/mol. The van der Waals surface area contributed by atoms with Crippen molar-refractivity contribution in [2.45, 2.75) is 64.3 Å². The highest BCUT2D eigenvalue weighted by Gasteiger charge is 2.24. The van der Waals surface area contributed by atoms with E-state index in [1.165, 1.54) is 19.3 Å². The Balaban J connectivity index is 1.52. The van der Waals surface area contributed by atoms with E-state index in [9.17, 15) is 9.59 Å². The molecule has 32 heavy (non-hydrogen) atoms. The second kappa shape index (κ2) is 10.7.